The quantitative estimate of drug-likeness (QED) is 0.837. The van der Waals surface area contributed by atoms with Crippen LogP contribution in [0.2, 0.25) is 0 Å². The number of methoxy groups -OCH3 is 1. The summed E-state index contributed by atoms with van der Waals surface area (Å²) in [5.74, 6) is 1.67. The lowest BCUT2D eigenvalue weighted by molar-refractivity contribution is -0.120. The number of aromatic nitrogens is 2. The Labute approximate surface area is 172 Å². The van der Waals surface area contributed by atoms with Crippen molar-refractivity contribution < 1.29 is 9.53 Å². The van der Waals surface area contributed by atoms with Crippen molar-refractivity contribution in [2.45, 2.75) is 32.1 Å². The molecular weight excluding hydrogens is 366 g/mol. The zero-order valence-electron chi connectivity index (χ0n) is 17.0. The molecule has 0 unspecified atom stereocenters. The molecule has 0 aliphatic carbocycles. The third-order valence-corrected chi connectivity index (χ3v) is 5.83. The minimum Gasteiger partial charge on any atom is -0.497 e. The number of anilines is 3. The minimum absolute atomic E-state index is 0.0194. The first-order valence-corrected chi connectivity index (χ1v) is 10.5. The van der Waals surface area contributed by atoms with Crippen LogP contribution in [0.15, 0.2) is 36.7 Å². The lowest BCUT2D eigenvalue weighted by atomic mass is 9.95. The van der Waals surface area contributed by atoms with E-state index in [-0.39, 0.29) is 11.8 Å². The van der Waals surface area contributed by atoms with Crippen LogP contribution < -0.4 is 19.9 Å². The molecule has 7 heteroatoms. The highest BCUT2D eigenvalue weighted by Gasteiger charge is 2.26. The Hall–Kier alpha value is -2.83. The molecule has 2 aliphatic rings. The first-order chi connectivity index (χ1) is 14.2. The van der Waals surface area contributed by atoms with Crippen LogP contribution in [-0.4, -0.2) is 49.2 Å². The summed E-state index contributed by atoms with van der Waals surface area (Å²) in [6.07, 6.45) is 9.23. The molecule has 1 aromatic heterocycles. The Bertz CT molecular complexity index is 812. The molecule has 154 valence electrons. The van der Waals surface area contributed by atoms with Gasteiger partial charge in [-0.25, -0.2) is 9.97 Å². The van der Waals surface area contributed by atoms with E-state index in [1.807, 2.05) is 36.7 Å². The summed E-state index contributed by atoms with van der Waals surface area (Å²) in [6, 6.07) is 7.47. The molecule has 0 saturated carbocycles. The highest BCUT2D eigenvalue weighted by atomic mass is 16.5. The van der Waals surface area contributed by atoms with Gasteiger partial charge < -0.3 is 19.9 Å². The molecule has 3 heterocycles. The molecule has 2 aromatic rings. The number of hydrogen-bond acceptors (Lipinski definition) is 6. The van der Waals surface area contributed by atoms with E-state index in [4.69, 9.17) is 4.74 Å². The molecule has 1 amide bonds. The Kier molecular flexibility index (Phi) is 6.12. The summed E-state index contributed by atoms with van der Waals surface area (Å²) >= 11 is 0. The number of piperidine rings is 2. The predicted molar refractivity (Wildman–Crippen MR) is 115 cm³/mol. The fourth-order valence-electron chi connectivity index (χ4n) is 4.08. The molecule has 2 saturated heterocycles. The van der Waals surface area contributed by atoms with Crippen molar-refractivity contribution in [2.24, 2.45) is 5.92 Å². The summed E-state index contributed by atoms with van der Waals surface area (Å²) < 4.78 is 5.22. The molecule has 0 radical (unpaired) electrons. The summed E-state index contributed by atoms with van der Waals surface area (Å²) in [4.78, 5) is 26.3. The second-order valence-electron chi connectivity index (χ2n) is 7.77. The van der Waals surface area contributed by atoms with E-state index in [1.165, 1.54) is 19.3 Å². The lowest BCUT2D eigenvalue weighted by Gasteiger charge is -2.33. The molecule has 2 aliphatic heterocycles. The van der Waals surface area contributed by atoms with E-state index < -0.39 is 0 Å². The summed E-state index contributed by atoms with van der Waals surface area (Å²) in [5.41, 5.74) is 1.82. The second-order valence-corrected chi connectivity index (χ2v) is 7.77. The van der Waals surface area contributed by atoms with Crippen LogP contribution in [0.4, 0.5) is 17.3 Å². The van der Waals surface area contributed by atoms with Crippen molar-refractivity contribution in [3.63, 3.8) is 0 Å². The summed E-state index contributed by atoms with van der Waals surface area (Å²) in [5, 5.41) is 3.02. The molecule has 29 heavy (non-hydrogen) atoms. The zero-order chi connectivity index (χ0) is 20.1. The fourth-order valence-corrected chi connectivity index (χ4v) is 4.08. The number of rotatable bonds is 5. The number of ether oxygens (including phenoxy) is 1. The summed E-state index contributed by atoms with van der Waals surface area (Å²) in [6.45, 7) is 3.77. The molecule has 4 rings (SSSR count). The number of carbonyl (C=O) groups is 1. The second kappa shape index (κ2) is 9.11. The smallest absolute Gasteiger partial charge is 0.227 e. The number of amides is 1. The average molecular weight is 396 g/mol. The van der Waals surface area contributed by atoms with Gasteiger partial charge in [0.25, 0.3) is 0 Å². The third-order valence-electron chi connectivity index (χ3n) is 5.83. The van der Waals surface area contributed by atoms with Crippen LogP contribution in [0.5, 0.6) is 5.75 Å². The normalized spacial score (nSPS) is 17.8. The standard InChI is InChI=1S/C22H29N5O2/c1-29-20-7-5-6-18(14-20)25-21(28)17-8-12-26(13-9-17)19-15-23-22(24-16-19)27-10-3-2-4-11-27/h5-7,14-17H,2-4,8-13H2,1H3,(H,25,28). The van der Waals surface area contributed by atoms with E-state index in [0.717, 1.165) is 62.1 Å². The predicted octanol–water partition coefficient (Wildman–Crippen LogP) is 3.33. The van der Waals surface area contributed by atoms with Crippen molar-refractivity contribution in [1.82, 2.24) is 9.97 Å². The first-order valence-electron chi connectivity index (χ1n) is 10.5. The molecule has 2 fully saturated rings. The molecule has 0 spiro atoms. The maximum Gasteiger partial charge on any atom is 0.227 e. The van der Waals surface area contributed by atoms with Crippen LogP contribution >= 0.6 is 0 Å². The molecule has 0 atom stereocenters. The van der Waals surface area contributed by atoms with E-state index in [1.54, 1.807) is 7.11 Å². The van der Waals surface area contributed by atoms with Gasteiger partial charge in [0.1, 0.15) is 5.75 Å². The van der Waals surface area contributed by atoms with Crippen molar-refractivity contribution >= 4 is 23.2 Å². The van der Waals surface area contributed by atoms with Gasteiger partial charge in [0.15, 0.2) is 0 Å². The summed E-state index contributed by atoms with van der Waals surface area (Å²) in [7, 11) is 1.62. The zero-order valence-corrected chi connectivity index (χ0v) is 17.0. The van der Waals surface area contributed by atoms with Crippen LogP contribution in [0.1, 0.15) is 32.1 Å². The van der Waals surface area contributed by atoms with Gasteiger partial charge in [0, 0.05) is 43.9 Å². The highest BCUT2D eigenvalue weighted by molar-refractivity contribution is 5.92. The first kappa shape index (κ1) is 19.5. The number of nitrogens with one attached hydrogen (secondary N) is 1. The van der Waals surface area contributed by atoms with Crippen molar-refractivity contribution in [1.29, 1.82) is 0 Å². The molecule has 7 nitrogen and oxygen atoms in total. The van der Waals surface area contributed by atoms with Gasteiger partial charge in [-0.1, -0.05) is 6.07 Å². The topological polar surface area (TPSA) is 70.6 Å². The average Bonchev–Trinajstić information content (AvgIpc) is 2.80. The van der Waals surface area contributed by atoms with Crippen molar-refractivity contribution in [2.75, 3.05) is 48.4 Å². The van der Waals surface area contributed by atoms with Crippen molar-refractivity contribution in [3.05, 3.63) is 36.7 Å². The number of carbonyl (C=O) groups excluding carboxylic acids is 1. The Balaban J connectivity index is 1.30. The van der Waals surface area contributed by atoms with Crippen LogP contribution in [0, 0.1) is 5.92 Å². The van der Waals surface area contributed by atoms with Gasteiger partial charge in [-0.3, -0.25) is 4.79 Å². The molecular formula is C22H29N5O2. The van der Waals surface area contributed by atoms with Gasteiger partial charge in [-0.05, 0) is 44.2 Å². The maximum atomic E-state index is 12.6. The van der Waals surface area contributed by atoms with Gasteiger partial charge in [0.05, 0.1) is 25.2 Å². The highest BCUT2D eigenvalue weighted by Crippen LogP contribution is 2.25. The number of benzene rings is 1. The Morgan fingerprint density at radius 1 is 1.03 bits per heavy atom. The Morgan fingerprint density at radius 3 is 2.45 bits per heavy atom. The van der Waals surface area contributed by atoms with Crippen LogP contribution in [0.3, 0.4) is 0 Å². The van der Waals surface area contributed by atoms with Gasteiger partial charge in [-0.15, -0.1) is 0 Å². The lowest BCUT2D eigenvalue weighted by Crippen LogP contribution is -2.38. The molecule has 1 aromatic carbocycles. The monoisotopic (exact) mass is 395 g/mol. The van der Waals surface area contributed by atoms with E-state index >= 15 is 0 Å². The van der Waals surface area contributed by atoms with Gasteiger partial charge >= 0.3 is 0 Å². The number of nitrogens with zero attached hydrogens (tertiary/aromatic N) is 4. The molecule has 1 N–H and O–H groups in total. The van der Waals surface area contributed by atoms with E-state index in [9.17, 15) is 4.79 Å². The van der Waals surface area contributed by atoms with Crippen LogP contribution in [-0.2, 0) is 4.79 Å². The third kappa shape index (κ3) is 4.78. The largest absolute Gasteiger partial charge is 0.497 e. The minimum atomic E-state index is 0.0194. The van der Waals surface area contributed by atoms with Crippen molar-refractivity contribution in [3.8, 4) is 5.75 Å². The maximum absolute atomic E-state index is 12.6. The SMILES string of the molecule is COc1cccc(NC(=O)C2CCN(c3cnc(N4CCCCC4)nc3)CC2)c1. The van der Waals surface area contributed by atoms with Gasteiger partial charge in [-0.2, -0.15) is 0 Å². The van der Waals surface area contributed by atoms with E-state index in [2.05, 4.69) is 25.1 Å². The number of hydrogen-bond donors (Lipinski definition) is 1. The van der Waals surface area contributed by atoms with E-state index in [0.29, 0.717) is 0 Å². The fraction of sp³-hybridized carbons (Fsp3) is 0.500. The Morgan fingerprint density at radius 2 is 1.76 bits per heavy atom. The van der Waals surface area contributed by atoms with Crippen LogP contribution in [0.25, 0.3) is 0 Å². The molecule has 0 bridgehead atoms. The van der Waals surface area contributed by atoms with Gasteiger partial charge in [0.2, 0.25) is 11.9 Å².